The molecule has 0 heterocycles. The van der Waals surface area contributed by atoms with Crippen LogP contribution in [0.1, 0.15) is 44.9 Å². The third kappa shape index (κ3) is 1.27. The van der Waals surface area contributed by atoms with E-state index in [0.29, 0.717) is 5.92 Å². The van der Waals surface area contributed by atoms with Crippen LogP contribution in [0.25, 0.3) is 0 Å². The summed E-state index contributed by atoms with van der Waals surface area (Å²) in [5, 5.41) is 9.73. The molecule has 2 aliphatic rings. The minimum Gasteiger partial charge on any atom is -0.393 e. The van der Waals surface area contributed by atoms with Gasteiger partial charge < -0.3 is 10.8 Å². The van der Waals surface area contributed by atoms with Crippen LogP contribution in [0.4, 0.5) is 0 Å². The molecule has 0 aromatic heterocycles. The van der Waals surface area contributed by atoms with E-state index in [0.717, 1.165) is 25.7 Å². The predicted molar refractivity (Wildman–Crippen MR) is 48.7 cm³/mol. The summed E-state index contributed by atoms with van der Waals surface area (Å²) in [6.45, 7) is 0. The maximum Gasteiger partial charge on any atom is 0.0585 e. The van der Waals surface area contributed by atoms with Crippen molar-refractivity contribution in [1.29, 1.82) is 0 Å². The minimum atomic E-state index is -0.104. The van der Waals surface area contributed by atoms with Crippen molar-refractivity contribution in [2.45, 2.75) is 56.6 Å². The summed E-state index contributed by atoms with van der Waals surface area (Å²) >= 11 is 0. The van der Waals surface area contributed by atoms with Crippen LogP contribution in [-0.4, -0.2) is 16.7 Å². The van der Waals surface area contributed by atoms with Gasteiger partial charge in [0.1, 0.15) is 0 Å². The van der Waals surface area contributed by atoms with E-state index in [9.17, 15) is 5.11 Å². The van der Waals surface area contributed by atoms with E-state index >= 15 is 0 Å². The van der Waals surface area contributed by atoms with Gasteiger partial charge in [0.25, 0.3) is 0 Å². The molecule has 2 heteroatoms. The van der Waals surface area contributed by atoms with Crippen LogP contribution in [0.3, 0.4) is 0 Å². The smallest absolute Gasteiger partial charge is 0.0585 e. The highest BCUT2D eigenvalue weighted by Gasteiger charge is 2.43. The van der Waals surface area contributed by atoms with Crippen molar-refractivity contribution in [2.24, 2.45) is 11.7 Å². The van der Waals surface area contributed by atoms with Crippen LogP contribution in [0.2, 0.25) is 0 Å². The van der Waals surface area contributed by atoms with E-state index < -0.39 is 0 Å². The molecule has 2 aliphatic carbocycles. The highest BCUT2D eigenvalue weighted by Crippen LogP contribution is 2.41. The van der Waals surface area contributed by atoms with Gasteiger partial charge in [-0.2, -0.15) is 0 Å². The van der Waals surface area contributed by atoms with Gasteiger partial charge in [-0.3, -0.25) is 0 Å². The Labute approximate surface area is 74.1 Å². The maximum absolute atomic E-state index is 9.73. The molecular formula is C10H19NO. The highest BCUT2D eigenvalue weighted by molar-refractivity contribution is 5.00. The van der Waals surface area contributed by atoms with Crippen LogP contribution in [0.15, 0.2) is 0 Å². The largest absolute Gasteiger partial charge is 0.393 e. The van der Waals surface area contributed by atoms with Gasteiger partial charge in [-0.1, -0.05) is 19.3 Å². The molecule has 0 aromatic rings. The zero-order valence-electron chi connectivity index (χ0n) is 7.63. The van der Waals surface area contributed by atoms with Gasteiger partial charge in [0, 0.05) is 11.5 Å². The molecule has 70 valence electrons. The Balaban J connectivity index is 2.06. The standard InChI is InChI=1S/C10H19NO/c11-10(6-1-2-7-10)8-4-3-5-9(8)12/h8-9,12H,1-7,11H2. The normalized spacial score (nSPS) is 40.5. The Morgan fingerprint density at radius 1 is 1.08 bits per heavy atom. The second-order valence-corrected chi connectivity index (χ2v) is 4.55. The van der Waals surface area contributed by atoms with Crippen LogP contribution in [-0.2, 0) is 0 Å². The zero-order valence-corrected chi connectivity index (χ0v) is 7.63. The third-order valence-corrected chi connectivity index (χ3v) is 3.75. The summed E-state index contributed by atoms with van der Waals surface area (Å²) in [6, 6.07) is 0. The fourth-order valence-corrected chi connectivity index (χ4v) is 3.02. The molecule has 0 amide bonds. The molecule has 3 N–H and O–H groups in total. The van der Waals surface area contributed by atoms with Crippen molar-refractivity contribution in [3.63, 3.8) is 0 Å². The fourth-order valence-electron chi connectivity index (χ4n) is 3.02. The molecule has 2 nitrogen and oxygen atoms in total. The van der Waals surface area contributed by atoms with E-state index in [4.69, 9.17) is 5.73 Å². The Morgan fingerprint density at radius 3 is 2.25 bits per heavy atom. The lowest BCUT2D eigenvalue weighted by atomic mass is 9.81. The highest BCUT2D eigenvalue weighted by atomic mass is 16.3. The summed E-state index contributed by atoms with van der Waals surface area (Å²) in [4.78, 5) is 0. The minimum absolute atomic E-state index is 0.00405. The summed E-state index contributed by atoms with van der Waals surface area (Å²) in [7, 11) is 0. The Kier molecular flexibility index (Phi) is 2.13. The van der Waals surface area contributed by atoms with Gasteiger partial charge in [0.2, 0.25) is 0 Å². The Bertz CT molecular complexity index is 163. The van der Waals surface area contributed by atoms with E-state index in [-0.39, 0.29) is 11.6 Å². The van der Waals surface area contributed by atoms with E-state index in [2.05, 4.69) is 0 Å². The van der Waals surface area contributed by atoms with Gasteiger partial charge in [0.05, 0.1) is 6.10 Å². The molecule has 2 atom stereocenters. The SMILES string of the molecule is NC1(C2CCCC2O)CCCC1. The first-order chi connectivity index (χ1) is 5.72. The van der Waals surface area contributed by atoms with Crippen molar-refractivity contribution >= 4 is 0 Å². The molecule has 2 saturated carbocycles. The van der Waals surface area contributed by atoms with Crippen molar-refractivity contribution in [2.75, 3.05) is 0 Å². The second kappa shape index (κ2) is 3.00. The van der Waals surface area contributed by atoms with Gasteiger partial charge in [-0.25, -0.2) is 0 Å². The van der Waals surface area contributed by atoms with E-state index in [1.54, 1.807) is 0 Å². The fraction of sp³-hybridized carbons (Fsp3) is 1.00. The van der Waals surface area contributed by atoms with Crippen LogP contribution < -0.4 is 5.73 Å². The van der Waals surface area contributed by atoms with Crippen LogP contribution >= 0.6 is 0 Å². The first-order valence-electron chi connectivity index (χ1n) is 5.19. The number of nitrogens with two attached hydrogens (primary N) is 1. The van der Waals surface area contributed by atoms with Crippen LogP contribution in [0.5, 0.6) is 0 Å². The Hall–Kier alpha value is -0.0800. The number of hydrogen-bond acceptors (Lipinski definition) is 2. The summed E-state index contributed by atoms with van der Waals surface area (Å²) < 4.78 is 0. The van der Waals surface area contributed by atoms with Crippen molar-refractivity contribution in [3.8, 4) is 0 Å². The average molecular weight is 169 g/mol. The molecule has 0 bridgehead atoms. The number of aliphatic hydroxyl groups is 1. The Morgan fingerprint density at radius 2 is 1.75 bits per heavy atom. The molecule has 2 rings (SSSR count). The van der Waals surface area contributed by atoms with Gasteiger partial charge >= 0.3 is 0 Å². The van der Waals surface area contributed by atoms with Crippen molar-refractivity contribution in [1.82, 2.24) is 0 Å². The number of hydrogen-bond donors (Lipinski definition) is 2. The predicted octanol–water partition coefficient (Wildman–Crippen LogP) is 1.42. The summed E-state index contributed by atoms with van der Waals surface area (Å²) in [6.07, 6.45) is 7.99. The van der Waals surface area contributed by atoms with E-state index in [1.807, 2.05) is 0 Å². The first-order valence-corrected chi connectivity index (χ1v) is 5.19. The molecule has 0 saturated heterocycles. The molecule has 0 radical (unpaired) electrons. The van der Waals surface area contributed by atoms with Crippen molar-refractivity contribution < 1.29 is 5.11 Å². The average Bonchev–Trinajstić information content (AvgIpc) is 2.59. The van der Waals surface area contributed by atoms with Crippen LogP contribution in [0, 0.1) is 5.92 Å². The molecule has 2 unspecified atom stereocenters. The quantitative estimate of drug-likeness (QED) is 0.623. The maximum atomic E-state index is 9.73. The molecule has 2 fully saturated rings. The zero-order chi connectivity index (χ0) is 8.60. The lowest BCUT2D eigenvalue weighted by molar-refractivity contribution is 0.0849. The van der Waals surface area contributed by atoms with Gasteiger partial charge in [0.15, 0.2) is 0 Å². The van der Waals surface area contributed by atoms with Gasteiger partial charge in [-0.05, 0) is 25.7 Å². The monoisotopic (exact) mass is 169 g/mol. The lowest BCUT2D eigenvalue weighted by Gasteiger charge is -2.33. The molecule has 0 aromatic carbocycles. The van der Waals surface area contributed by atoms with Gasteiger partial charge in [-0.15, -0.1) is 0 Å². The first kappa shape index (κ1) is 8.52. The molecule has 0 spiro atoms. The molecular weight excluding hydrogens is 150 g/mol. The summed E-state index contributed by atoms with van der Waals surface area (Å²) in [5.41, 5.74) is 6.29. The van der Waals surface area contributed by atoms with E-state index in [1.165, 1.54) is 19.3 Å². The molecule has 0 aliphatic heterocycles. The second-order valence-electron chi connectivity index (χ2n) is 4.55. The topological polar surface area (TPSA) is 46.2 Å². The van der Waals surface area contributed by atoms with Crippen molar-refractivity contribution in [3.05, 3.63) is 0 Å². The summed E-state index contributed by atoms with van der Waals surface area (Å²) in [5.74, 6) is 0.403. The number of aliphatic hydroxyl groups excluding tert-OH is 1. The lowest BCUT2D eigenvalue weighted by Crippen LogP contribution is -2.47. The third-order valence-electron chi connectivity index (χ3n) is 3.75. The number of rotatable bonds is 1. The molecule has 12 heavy (non-hydrogen) atoms.